The standard InChI is InChI=1S/C9H11NO3S/c1-12-8(11)6-5-3-2-4-13-9(5)14-7(6)10/h2-4,10H2,1H3. The summed E-state index contributed by atoms with van der Waals surface area (Å²) in [5, 5.41) is 1.26. The minimum Gasteiger partial charge on any atom is -0.484 e. The van der Waals surface area contributed by atoms with Crippen molar-refractivity contribution in [2.75, 3.05) is 19.5 Å². The van der Waals surface area contributed by atoms with Gasteiger partial charge in [-0.2, -0.15) is 0 Å². The number of hydrogen-bond donors (Lipinski definition) is 1. The third-order valence-electron chi connectivity index (χ3n) is 2.19. The van der Waals surface area contributed by atoms with Gasteiger partial charge in [0.05, 0.1) is 13.7 Å². The van der Waals surface area contributed by atoms with Crippen molar-refractivity contribution in [3.63, 3.8) is 0 Å². The van der Waals surface area contributed by atoms with Crippen molar-refractivity contribution in [2.24, 2.45) is 0 Å². The topological polar surface area (TPSA) is 61.5 Å². The van der Waals surface area contributed by atoms with Crippen molar-refractivity contribution in [3.8, 4) is 5.06 Å². The van der Waals surface area contributed by atoms with E-state index in [9.17, 15) is 4.79 Å². The summed E-state index contributed by atoms with van der Waals surface area (Å²) >= 11 is 1.32. The maximum atomic E-state index is 11.4. The SMILES string of the molecule is COC(=O)c1c(N)sc2c1CCCO2. The van der Waals surface area contributed by atoms with Crippen LogP contribution in [0.5, 0.6) is 5.06 Å². The number of nitrogens with two attached hydrogens (primary N) is 1. The van der Waals surface area contributed by atoms with Crippen LogP contribution in [0.3, 0.4) is 0 Å². The van der Waals surface area contributed by atoms with Crippen molar-refractivity contribution < 1.29 is 14.3 Å². The molecule has 1 aliphatic heterocycles. The molecule has 0 amide bonds. The number of hydrogen-bond acceptors (Lipinski definition) is 5. The highest BCUT2D eigenvalue weighted by atomic mass is 32.1. The molecule has 2 N–H and O–H groups in total. The summed E-state index contributed by atoms with van der Waals surface area (Å²) in [6.45, 7) is 0.702. The molecule has 5 heteroatoms. The highest BCUT2D eigenvalue weighted by molar-refractivity contribution is 7.18. The molecule has 1 aromatic rings. The van der Waals surface area contributed by atoms with Crippen LogP contribution in [-0.2, 0) is 11.2 Å². The van der Waals surface area contributed by atoms with E-state index in [0.717, 1.165) is 23.5 Å². The zero-order chi connectivity index (χ0) is 10.1. The number of fused-ring (bicyclic) bond motifs is 1. The van der Waals surface area contributed by atoms with Crippen LogP contribution in [0.1, 0.15) is 22.3 Å². The van der Waals surface area contributed by atoms with E-state index in [2.05, 4.69) is 4.74 Å². The molecule has 0 spiro atoms. The van der Waals surface area contributed by atoms with Gasteiger partial charge in [-0.1, -0.05) is 11.3 Å². The van der Waals surface area contributed by atoms with Crippen LogP contribution in [0.25, 0.3) is 0 Å². The van der Waals surface area contributed by atoms with E-state index in [1.54, 1.807) is 0 Å². The second-order valence-electron chi connectivity index (χ2n) is 3.05. The molecule has 0 bridgehead atoms. The fourth-order valence-electron chi connectivity index (χ4n) is 1.55. The summed E-state index contributed by atoms with van der Waals surface area (Å²) < 4.78 is 10.1. The molecule has 0 unspecified atom stereocenters. The van der Waals surface area contributed by atoms with Crippen LogP contribution in [-0.4, -0.2) is 19.7 Å². The first-order valence-electron chi connectivity index (χ1n) is 4.36. The highest BCUT2D eigenvalue weighted by Gasteiger charge is 2.25. The number of thiophene rings is 1. The monoisotopic (exact) mass is 213 g/mol. The lowest BCUT2D eigenvalue weighted by Gasteiger charge is -2.12. The van der Waals surface area contributed by atoms with Gasteiger partial charge in [0.1, 0.15) is 10.6 Å². The lowest BCUT2D eigenvalue weighted by atomic mass is 10.1. The molecule has 0 aromatic carbocycles. The zero-order valence-electron chi connectivity index (χ0n) is 7.83. The largest absolute Gasteiger partial charge is 0.484 e. The Morgan fingerprint density at radius 1 is 1.64 bits per heavy atom. The number of ether oxygens (including phenoxy) is 2. The number of esters is 1. The van der Waals surface area contributed by atoms with Crippen LogP contribution >= 0.6 is 11.3 Å². The normalized spacial score (nSPS) is 14.4. The van der Waals surface area contributed by atoms with Crippen molar-refractivity contribution in [2.45, 2.75) is 12.8 Å². The summed E-state index contributed by atoms with van der Waals surface area (Å²) in [6, 6.07) is 0. The first-order valence-corrected chi connectivity index (χ1v) is 5.18. The van der Waals surface area contributed by atoms with Gasteiger partial charge in [0.15, 0.2) is 5.06 Å². The highest BCUT2D eigenvalue weighted by Crippen LogP contribution is 2.40. The molecule has 14 heavy (non-hydrogen) atoms. The summed E-state index contributed by atoms with van der Waals surface area (Å²) in [5.41, 5.74) is 7.14. The zero-order valence-corrected chi connectivity index (χ0v) is 8.65. The maximum Gasteiger partial charge on any atom is 0.341 e. The van der Waals surface area contributed by atoms with Gasteiger partial charge >= 0.3 is 5.97 Å². The minimum atomic E-state index is -0.370. The second kappa shape index (κ2) is 3.49. The first kappa shape index (κ1) is 9.33. The lowest BCUT2D eigenvalue weighted by Crippen LogP contribution is -2.11. The Kier molecular flexibility index (Phi) is 2.33. The van der Waals surface area contributed by atoms with Crippen LogP contribution in [0.15, 0.2) is 0 Å². The second-order valence-corrected chi connectivity index (χ2v) is 4.07. The van der Waals surface area contributed by atoms with Crippen molar-refractivity contribution in [1.29, 1.82) is 0 Å². The Morgan fingerprint density at radius 2 is 2.43 bits per heavy atom. The fraction of sp³-hybridized carbons (Fsp3) is 0.444. The molecular formula is C9H11NO3S. The number of carbonyl (C=O) groups is 1. The summed E-state index contributed by atoms with van der Waals surface area (Å²) in [4.78, 5) is 11.4. The third-order valence-corrected chi connectivity index (χ3v) is 3.16. The Labute approximate surface area is 85.6 Å². The Morgan fingerprint density at radius 3 is 3.14 bits per heavy atom. The maximum absolute atomic E-state index is 11.4. The number of methoxy groups -OCH3 is 1. The molecular weight excluding hydrogens is 202 g/mol. The van der Waals surface area contributed by atoms with E-state index in [1.165, 1.54) is 18.4 Å². The molecule has 0 fully saturated rings. The predicted octanol–water partition coefficient (Wildman–Crippen LogP) is 1.44. The lowest BCUT2D eigenvalue weighted by molar-refractivity contribution is 0.0600. The number of anilines is 1. The van der Waals surface area contributed by atoms with Gasteiger partial charge in [-0.3, -0.25) is 0 Å². The molecule has 1 aromatic heterocycles. The van der Waals surface area contributed by atoms with Gasteiger partial charge in [0.25, 0.3) is 0 Å². The smallest absolute Gasteiger partial charge is 0.341 e. The molecule has 4 nitrogen and oxygen atoms in total. The molecule has 0 aliphatic carbocycles. The van der Waals surface area contributed by atoms with E-state index in [-0.39, 0.29) is 5.97 Å². The van der Waals surface area contributed by atoms with Crippen LogP contribution < -0.4 is 10.5 Å². The van der Waals surface area contributed by atoms with Crippen molar-refractivity contribution in [3.05, 3.63) is 11.1 Å². The first-order chi connectivity index (χ1) is 6.74. The Balaban J connectivity index is 2.47. The van der Waals surface area contributed by atoms with E-state index in [4.69, 9.17) is 10.5 Å². The van der Waals surface area contributed by atoms with Crippen LogP contribution in [0, 0.1) is 0 Å². The van der Waals surface area contributed by atoms with E-state index < -0.39 is 0 Å². The Bertz CT molecular complexity index is 372. The summed E-state index contributed by atoms with van der Waals surface area (Å²) in [6.07, 6.45) is 1.76. The van der Waals surface area contributed by atoms with E-state index in [1.807, 2.05) is 0 Å². The molecule has 0 saturated heterocycles. The molecule has 2 heterocycles. The van der Waals surface area contributed by atoms with E-state index >= 15 is 0 Å². The summed E-state index contributed by atoms with van der Waals surface area (Å²) in [7, 11) is 1.36. The average Bonchev–Trinajstić information content (AvgIpc) is 2.53. The molecule has 76 valence electrons. The molecule has 2 rings (SSSR count). The minimum absolute atomic E-state index is 0.370. The number of carbonyl (C=O) groups excluding carboxylic acids is 1. The van der Waals surface area contributed by atoms with Crippen LogP contribution in [0.2, 0.25) is 0 Å². The van der Waals surface area contributed by atoms with Crippen LogP contribution in [0.4, 0.5) is 5.00 Å². The fourth-order valence-corrected chi connectivity index (χ4v) is 2.52. The van der Waals surface area contributed by atoms with Gasteiger partial charge in [0.2, 0.25) is 0 Å². The van der Waals surface area contributed by atoms with Crippen molar-refractivity contribution in [1.82, 2.24) is 0 Å². The predicted molar refractivity (Wildman–Crippen MR) is 53.9 cm³/mol. The number of nitrogen functional groups attached to an aromatic ring is 1. The Hall–Kier alpha value is -1.23. The summed E-state index contributed by atoms with van der Waals surface area (Å²) in [5.74, 6) is -0.370. The van der Waals surface area contributed by atoms with Gasteiger partial charge in [-0.05, 0) is 12.8 Å². The van der Waals surface area contributed by atoms with Gasteiger partial charge in [-0.15, -0.1) is 0 Å². The van der Waals surface area contributed by atoms with E-state index in [0.29, 0.717) is 17.2 Å². The molecule has 1 aliphatic rings. The number of rotatable bonds is 1. The van der Waals surface area contributed by atoms with Gasteiger partial charge in [0, 0.05) is 5.56 Å². The molecule has 0 atom stereocenters. The molecule has 0 radical (unpaired) electrons. The van der Waals surface area contributed by atoms with Gasteiger partial charge in [-0.25, -0.2) is 4.79 Å². The molecule has 0 saturated carbocycles. The third kappa shape index (κ3) is 1.33. The quantitative estimate of drug-likeness (QED) is 0.717. The average molecular weight is 213 g/mol. The van der Waals surface area contributed by atoms with Gasteiger partial charge < -0.3 is 15.2 Å². The van der Waals surface area contributed by atoms with Crippen molar-refractivity contribution >= 4 is 22.3 Å².